The van der Waals surface area contributed by atoms with Crippen LogP contribution in [-0.2, 0) is 4.74 Å². The van der Waals surface area contributed by atoms with Crippen LogP contribution in [-0.4, -0.2) is 36.7 Å². The van der Waals surface area contributed by atoms with Crippen LogP contribution in [0.3, 0.4) is 0 Å². The van der Waals surface area contributed by atoms with Gasteiger partial charge in [0.1, 0.15) is 0 Å². The fourth-order valence-corrected chi connectivity index (χ4v) is 3.57. The van der Waals surface area contributed by atoms with Crippen LogP contribution in [0.1, 0.15) is 16.8 Å². The molecule has 5 heteroatoms. The molecule has 1 aliphatic heterocycles. The Balaban J connectivity index is 1.93. The minimum absolute atomic E-state index is 0.0455. The topological polar surface area (TPSA) is 38.3 Å². The van der Waals surface area contributed by atoms with Crippen molar-refractivity contribution < 1.29 is 9.53 Å². The van der Waals surface area contributed by atoms with Crippen LogP contribution in [0.15, 0.2) is 28.7 Å². The van der Waals surface area contributed by atoms with Crippen LogP contribution in [0.2, 0.25) is 0 Å². The van der Waals surface area contributed by atoms with Gasteiger partial charge in [0.05, 0.1) is 5.60 Å². The molecule has 0 radical (unpaired) electrons. The van der Waals surface area contributed by atoms with E-state index in [1.165, 1.54) is 0 Å². The third-order valence-corrected chi connectivity index (χ3v) is 4.93. The first-order valence-corrected chi connectivity index (χ1v) is 7.77. The number of nitrogens with one attached hydrogen (secondary N) is 1. The van der Waals surface area contributed by atoms with Gasteiger partial charge < -0.3 is 10.1 Å². The lowest BCUT2D eigenvalue weighted by atomic mass is 10.0. The zero-order valence-electron chi connectivity index (χ0n) is 10.2. The van der Waals surface area contributed by atoms with E-state index in [2.05, 4.69) is 21.2 Å². The van der Waals surface area contributed by atoms with Gasteiger partial charge in [0.15, 0.2) is 0 Å². The van der Waals surface area contributed by atoms with Crippen LogP contribution >= 0.6 is 27.7 Å². The van der Waals surface area contributed by atoms with Crippen molar-refractivity contribution in [1.29, 1.82) is 0 Å². The molecule has 1 aromatic rings. The number of hydrogen-bond acceptors (Lipinski definition) is 3. The molecule has 1 aliphatic rings. The maximum absolute atomic E-state index is 12.0. The summed E-state index contributed by atoms with van der Waals surface area (Å²) >= 11 is 5.23. The summed E-state index contributed by atoms with van der Waals surface area (Å²) in [6.45, 7) is 0.575. The summed E-state index contributed by atoms with van der Waals surface area (Å²) in [6, 6.07) is 7.35. The predicted octanol–water partition coefficient (Wildman–Crippen LogP) is 2.70. The smallest absolute Gasteiger partial charge is 0.251 e. The van der Waals surface area contributed by atoms with Gasteiger partial charge in [-0.2, -0.15) is 11.8 Å². The van der Waals surface area contributed by atoms with Crippen molar-refractivity contribution in [2.24, 2.45) is 0 Å². The molecule has 1 amide bonds. The molecular weight excluding hydrogens is 314 g/mol. The van der Waals surface area contributed by atoms with E-state index in [1.807, 2.05) is 36.0 Å². The molecule has 1 saturated heterocycles. The number of methoxy groups -OCH3 is 1. The fraction of sp³-hybridized carbons (Fsp3) is 0.462. The maximum Gasteiger partial charge on any atom is 0.251 e. The average molecular weight is 330 g/mol. The summed E-state index contributed by atoms with van der Waals surface area (Å²) in [5.74, 6) is 2.00. The van der Waals surface area contributed by atoms with Gasteiger partial charge >= 0.3 is 0 Å². The number of halogens is 1. The molecule has 1 aromatic carbocycles. The average Bonchev–Trinajstić information content (AvgIpc) is 2.86. The van der Waals surface area contributed by atoms with Gasteiger partial charge in [-0.1, -0.05) is 15.9 Å². The van der Waals surface area contributed by atoms with Gasteiger partial charge in [-0.15, -0.1) is 0 Å². The molecule has 1 fully saturated rings. The number of ether oxygens (including phenoxy) is 1. The lowest BCUT2D eigenvalue weighted by Crippen LogP contribution is -2.44. The summed E-state index contributed by atoms with van der Waals surface area (Å²) in [5, 5.41) is 2.96. The second-order valence-electron chi connectivity index (χ2n) is 4.38. The van der Waals surface area contributed by atoms with Crippen molar-refractivity contribution in [3.63, 3.8) is 0 Å². The molecule has 1 heterocycles. The fourth-order valence-electron chi connectivity index (χ4n) is 1.91. The van der Waals surface area contributed by atoms with E-state index in [0.29, 0.717) is 12.1 Å². The number of rotatable bonds is 4. The van der Waals surface area contributed by atoms with E-state index >= 15 is 0 Å². The monoisotopic (exact) mass is 329 g/mol. The van der Waals surface area contributed by atoms with E-state index in [1.54, 1.807) is 7.11 Å². The highest BCUT2D eigenvalue weighted by molar-refractivity contribution is 9.10. The lowest BCUT2D eigenvalue weighted by molar-refractivity contribution is 0.0137. The molecule has 18 heavy (non-hydrogen) atoms. The van der Waals surface area contributed by atoms with Crippen molar-refractivity contribution in [3.05, 3.63) is 34.3 Å². The van der Waals surface area contributed by atoms with E-state index in [4.69, 9.17) is 4.74 Å². The van der Waals surface area contributed by atoms with Gasteiger partial charge in [0.2, 0.25) is 0 Å². The third-order valence-electron chi connectivity index (χ3n) is 3.18. The van der Waals surface area contributed by atoms with Crippen LogP contribution in [0.4, 0.5) is 0 Å². The number of carbonyl (C=O) groups is 1. The zero-order chi connectivity index (χ0) is 13.0. The maximum atomic E-state index is 12.0. The predicted molar refractivity (Wildman–Crippen MR) is 78.2 cm³/mol. The lowest BCUT2D eigenvalue weighted by Gasteiger charge is -2.26. The molecule has 0 aromatic heterocycles. The van der Waals surface area contributed by atoms with Crippen molar-refractivity contribution in [2.75, 3.05) is 25.2 Å². The number of amides is 1. The van der Waals surface area contributed by atoms with E-state index in [9.17, 15) is 4.79 Å². The molecule has 3 nitrogen and oxygen atoms in total. The molecular formula is C13H16BrNO2S. The highest BCUT2D eigenvalue weighted by Gasteiger charge is 2.34. The van der Waals surface area contributed by atoms with Crippen molar-refractivity contribution >= 4 is 33.6 Å². The Morgan fingerprint density at radius 2 is 2.22 bits per heavy atom. The summed E-state index contributed by atoms with van der Waals surface area (Å²) in [7, 11) is 1.72. The van der Waals surface area contributed by atoms with Crippen molar-refractivity contribution in [1.82, 2.24) is 5.32 Å². The van der Waals surface area contributed by atoms with Crippen LogP contribution in [0.25, 0.3) is 0 Å². The Labute approximate surface area is 120 Å². The zero-order valence-corrected chi connectivity index (χ0v) is 12.6. The van der Waals surface area contributed by atoms with Gasteiger partial charge in [0.25, 0.3) is 5.91 Å². The second kappa shape index (κ2) is 6.08. The van der Waals surface area contributed by atoms with Crippen LogP contribution in [0, 0.1) is 0 Å². The molecule has 98 valence electrons. The molecule has 0 aliphatic carbocycles. The van der Waals surface area contributed by atoms with Gasteiger partial charge in [-0.3, -0.25) is 4.79 Å². The largest absolute Gasteiger partial charge is 0.376 e. The third kappa shape index (κ3) is 3.28. The first-order valence-electron chi connectivity index (χ1n) is 5.82. The number of thioether (sulfide) groups is 1. The van der Waals surface area contributed by atoms with E-state index in [-0.39, 0.29) is 11.5 Å². The van der Waals surface area contributed by atoms with E-state index < -0.39 is 0 Å². The standard InChI is InChI=1S/C13H16BrNO2S/c1-17-13(6-7-18-9-13)8-15-12(16)10-2-4-11(14)5-3-10/h2-5H,6-9H2,1H3,(H,15,16). The van der Waals surface area contributed by atoms with Gasteiger partial charge in [0, 0.05) is 29.4 Å². The summed E-state index contributed by atoms with van der Waals surface area (Å²) < 4.78 is 6.53. The minimum Gasteiger partial charge on any atom is -0.376 e. The molecule has 1 atom stereocenters. The normalized spacial score (nSPS) is 23.0. The minimum atomic E-state index is -0.185. The van der Waals surface area contributed by atoms with Crippen LogP contribution in [0.5, 0.6) is 0 Å². The quantitative estimate of drug-likeness (QED) is 0.922. The Bertz CT molecular complexity index is 416. The first kappa shape index (κ1) is 13.9. The molecule has 0 spiro atoms. The SMILES string of the molecule is COC1(CNC(=O)c2ccc(Br)cc2)CCSC1. The molecule has 0 bridgehead atoms. The molecule has 1 unspecified atom stereocenters. The van der Waals surface area contributed by atoms with Crippen molar-refractivity contribution in [3.8, 4) is 0 Å². The summed E-state index contributed by atoms with van der Waals surface area (Å²) in [4.78, 5) is 12.0. The van der Waals surface area contributed by atoms with Crippen molar-refractivity contribution in [2.45, 2.75) is 12.0 Å². The highest BCUT2D eigenvalue weighted by Crippen LogP contribution is 2.30. The second-order valence-corrected chi connectivity index (χ2v) is 6.40. The Hall–Kier alpha value is -0.520. The van der Waals surface area contributed by atoms with Crippen LogP contribution < -0.4 is 5.32 Å². The van der Waals surface area contributed by atoms with Gasteiger partial charge in [-0.05, 0) is 36.4 Å². The summed E-state index contributed by atoms with van der Waals surface area (Å²) in [5.41, 5.74) is 0.491. The molecule has 2 rings (SSSR count). The number of carbonyl (C=O) groups excluding carboxylic acids is 1. The number of benzene rings is 1. The Morgan fingerprint density at radius 1 is 1.50 bits per heavy atom. The molecule has 0 saturated carbocycles. The Morgan fingerprint density at radius 3 is 2.78 bits per heavy atom. The van der Waals surface area contributed by atoms with Gasteiger partial charge in [-0.25, -0.2) is 0 Å². The first-order chi connectivity index (χ1) is 8.65. The molecule has 1 N–H and O–H groups in total. The highest BCUT2D eigenvalue weighted by atomic mass is 79.9. The Kier molecular flexibility index (Phi) is 4.70. The number of hydrogen-bond donors (Lipinski definition) is 1. The van der Waals surface area contributed by atoms with E-state index in [0.717, 1.165) is 22.4 Å². The summed E-state index contributed by atoms with van der Waals surface area (Å²) in [6.07, 6.45) is 0.995.